The smallest absolute Gasteiger partial charge is 0.305 e. The minimum atomic E-state index is -4.38. The molecule has 1 aliphatic carbocycles. The van der Waals surface area contributed by atoms with E-state index in [-0.39, 0.29) is 16.3 Å². The molecule has 2 heterocycles. The maximum atomic E-state index is 12.3. The Hall–Kier alpha value is -4.81. The number of nitrogens with zero attached hydrogens (tertiary/aromatic N) is 4. The van der Waals surface area contributed by atoms with Gasteiger partial charge in [-0.2, -0.15) is 13.0 Å². The second kappa shape index (κ2) is 19.0. The summed E-state index contributed by atoms with van der Waals surface area (Å²) in [6, 6.07) is 20.2. The molecule has 0 spiro atoms. The third-order valence-corrected chi connectivity index (χ3v) is 14.0. The molecule has 11 heteroatoms. The number of esters is 1. The Kier molecular flexibility index (Phi) is 14.4. The highest BCUT2D eigenvalue weighted by Gasteiger charge is 2.45. The second-order valence-electron chi connectivity index (χ2n) is 21.1. The van der Waals surface area contributed by atoms with Crippen molar-refractivity contribution >= 4 is 38.9 Å². The minimum absolute atomic E-state index is 0.0897. The molecule has 2 aliphatic heterocycles. The van der Waals surface area contributed by atoms with Crippen LogP contribution in [0.15, 0.2) is 112 Å². The summed E-state index contributed by atoms with van der Waals surface area (Å²) < 4.78 is 43.9. The number of carbonyl (C=O) groups excluding carboxylic acids is 1. The highest BCUT2D eigenvalue weighted by atomic mass is 32.2. The molecule has 10 nitrogen and oxygen atoms in total. The number of nitrogens with one attached hydrogen (secondary N) is 1. The van der Waals surface area contributed by atoms with Gasteiger partial charge >= 0.3 is 5.97 Å². The molecule has 0 fully saturated rings. The fourth-order valence-corrected chi connectivity index (χ4v) is 10.0. The van der Waals surface area contributed by atoms with Gasteiger partial charge in [-0.3, -0.25) is 9.35 Å². The predicted molar refractivity (Wildman–Crippen MR) is 262 cm³/mol. The lowest BCUT2D eigenvalue weighted by Crippen LogP contribution is -2.37. The number of hydrogen-bond donors (Lipinski definition) is 2. The molecule has 3 aliphatic rings. The van der Waals surface area contributed by atoms with E-state index < -0.39 is 15.5 Å². The quantitative estimate of drug-likeness (QED) is 0.0603. The first kappa shape index (κ1) is 48.6. The third kappa shape index (κ3) is 11.3. The zero-order valence-corrected chi connectivity index (χ0v) is 41.5. The molecule has 0 bridgehead atoms. The average Bonchev–Trinajstić information content (AvgIpc) is 3.55. The van der Waals surface area contributed by atoms with Gasteiger partial charge in [-0.25, -0.2) is 0 Å². The van der Waals surface area contributed by atoms with E-state index in [1.807, 2.05) is 6.07 Å². The molecule has 0 aromatic heterocycles. The van der Waals surface area contributed by atoms with Crippen LogP contribution in [0.3, 0.4) is 0 Å². The number of anilines is 2. The van der Waals surface area contributed by atoms with Crippen molar-refractivity contribution in [3.05, 3.63) is 130 Å². The predicted octanol–water partition coefficient (Wildman–Crippen LogP) is 9.63. The van der Waals surface area contributed by atoms with Crippen LogP contribution in [0.2, 0.25) is 0 Å². The lowest BCUT2D eigenvalue weighted by Gasteiger charge is -2.29. The Morgan fingerprint density at radius 3 is 2.20 bits per heavy atom. The SMILES string of the molecule is COC(=O)CCc1ccc(NC2=C(/C=C/C3=[N+](CCC[N+](C)(C)C)c4ccc(C)cc4C3(C)C)CCC/C2=C\C=C2\N(CCC[N+](C)(C)C)c3ccc(S(=O)(=O)O)cc3C2(C)C)cc1. The Labute approximate surface area is 384 Å². The van der Waals surface area contributed by atoms with E-state index in [0.29, 0.717) is 12.8 Å². The molecule has 0 amide bonds. The molecule has 3 aromatic carbocycles. The first-order chi connectivity index (χ1) is 29.9. The lowest BCUT2D eigenvalue weighted by molar-refractivity contribution is -0.871. The van der Waals surface area contributed by atoms with Gasteiger partial charge in [0.05, 0.1) is 79.2 Å². The number of ether oxygens (including phenoxy) is 1. The molecule has 0 atom stereocenters. The van der Waals surface area contributed by atoms with Gasteiger partial charge in [0, 0.05) is 65.3 Å². The Balaban J connectivity index is 1.46. The Morgan fingerprint density at radius 1 is 0.859 bits per heavy atom. The third-order valence-electron chi connectivity index (χ3n) is 13.1. The molecular formula is C53H74N5O5S+3. The van der Waals surface area contributed by atoms with E-state index in [9.17, 15) is 17.8 Å². The van der Waals surface area contributed by atoms with Gasteiger partial charge in [-0.05, 0) is 111 Å². The van der Waals surface area contributed by atoms with Crippen LogP contribution in [0.5, 0.6) is 0 Å². The van der Waals surface area contributed by atoms with Crippen LogP contribution in [0.25, 0.3) is 0 Å². The summed E-state index contributed by atoms with van der Waals surface area (Å²) in [5.41, 5.74) is 13.0. The summed E-state index contributed by atoms with van der Waals surface area (Å²) >= 11 is 0. The number of aryl methyl sites for hydroxylation is 2. The topological polar surface area (TPSA) is 99.0 Å². The molecule has 6 rings (SSSR count). The number of allylic oxidation sites excluding steroid dienone is 7. The highest BCUT2D eigenvalue weighted by Crippen LogP contribution is 2.49. The van der Waals surface area contributed by atoms with Crippen molar-refractivity contribution in [2.24, 2.45) is 0 Å². The van der Waals surface area contributed by atoms with Gasteiger partial charge in [0.2, 0.25) is 5.69 Å². The molecule has 3 aromatic rings. The fourth-order valence-electron chi connectivity index (χ4n) is 9.52. The van der Waals surface area contributed by atoms with Crippen LogP contribution in [-0.4, -0.2) is 114 Å². The second-order valence-corrected chi connectivity index (χ2v) is 22.5. The molecule has 2 N–H and O–H groups in total. The number of fused-ring (bicyclic) bond motifs is 2. The summed E-state index contributed by atoms with van der Waals surface area (Å²) in [6.45, 7) is 14.9. The first-order valence-corrected chi connectivity index (χ1v) is 24.4. The Bertz CT molecular complexity index is 2510. The normalized spacial score (nSPS) is 18.7. The summed E-state index contributed by atoms with van der Waals surface area (Å²) in [5.74, 6) is -0.220. The molecule has 0 unspecified atom stereocenters. The molecule has 344 valence electrons. The van der Waals surface area contributed by atoms with Gasteiger partial charge in [0.25, 0.3) is 10.1 Å². The van der Waals surface area contributed by atoms with Gasteiger partial charge in [0.15, 0.2) is 12.3 Å². The van der Waals surface area contributed by atoms with E-state index >= 15 is 0 Å². The van der Waals surface area contributed by atoms with Crippen molar-refractivity contribution in [2.45, 2.75) is 95.3 Å². The summed E-state index contributed by atoms with van der Waals surface area (Å²) in [5, 5.41) is 3.87. The summed E-state index contributed by atoms with van der Waals surface area (Å²) in [4.78, 5) is 14.2. The van der Waals surface area contributed by atoms with Crippen LogP contribution < -0.4 is 10.2 Å². The zero-order chi connectivity index (χ0) is 46.8. The summed E-state index contributed by atoms with van der Waals surface area (Å²) in [6.07, 6.45) is 15.0. The highest BCUT2D eigenvalue weighted by molar-refractivity contribution is 7.85. The van der Waals surface area contributed by atoms with Gasteiger partial charge in [0.1, 0.15) is 0 Å². The summed E-state index contributed by atoms with van der Waals surface area (Å²) in [7, 11) is 10.4. The van der Waals surface area contributed by atoms with Crippen molar-refractivity contribution in [1.82, 2.24) is 0 Å². The first-order valence-electron chi connectivity index (χ1n) is 22.9. The van der Waals surface area contributed by atoms with Crippen LogP contribution in [0.1, 0.15) is 88.5 Å². The number of methoxy groups -OCH3 is 1. The number of carbonyl (C=O) groups is 1. The molecular weight excluding hydrogens is 819 g/mol. The van der Waals surface area contributed by atoms with Gasteiger partial charge in [-0.1, -0.05) is 49.8 Å². The molecule has 64 heavy (non-hydrogen) atoms. The van der Waals surface area contributed by atoms with E-state index in [4.69, 9.17) is 4.74 Å². The van der Waals surface area contributed by atoms with Crippen LogP contribution in [0, 0.1) is 6.92 Å². The number of rotatable bonds is 17. The monoisotopic (exact) mass is 893 g/mol. The number of benzene rings is 3. The largest absolute Gasteiger partial charge is 0.469 e. The van der Waals surface area contributed by atoms with E-state index in [0.717, 1.165) is 101 Å². The maximum Gasteiger partial charge on any atom is 0.305 e. The minimum Gasteiger partial charge on any atom is -0.469 e. The zero-order valence-electron chi connectivity index (χ0n) is 40.6. The Morgan fingerprint density at radius 2 is 1.55 bits per heavy atom. The fraction of sp³-hybridized carbons (Fsp3) is 0.472. The van der Waals surface area contributed by atoms with E-state index in [2.05, 4.69) is 158 Å². The standard InChI is InChI=1S/C53H72N5O5S/c1-38-18-27-46-44(36-38)52(2,3)48(55(46)32-14-34-57(6,7)8)29-22-40-16-13-17-41(51(40)54-42-24-19-39(20-25-42)21-31-50(59)63-12)23-30-49-53(4,5)45-37-43(64(60,61)62)26-28-47(45)56(49)33-15-35-58(9,10)11/h18-20,22-30,36-37H,13-17,21,31-35H2,1-12H3/q+1/p+2/b41-23+,49-30+. The van der Waals surface area contributed by atoms with Crippen LogP contribution in [0.4, 0.5) is 17.1 Å². The lowest BCUT2D eigenvalue weighted by atomic mass is 9.80. The van der Waals surface area contributed by atoms with Gasteiger partial charge in [-0.15, -0.1) is 0 Å². The number of quaternary nitrogens is 2. The van der Waals surface area contributed by atoms with Gasteiger partial charge < -0.3 is 23.9 Å². The van der Waals surface area contributed by atoms with E-state index in [1.165, 1.54) is 46.8 Å². The number of hydrogen-bond acceptors (Lipinski definition) is 6. The van der Waals surface area contributed by atoms with Crippen molar-refractivity contribution in [1.29, 1.82) is 0 Å². The van der Waals surface area contributed by atoms with Crippen LogP contribution >= 0.6 is 0 Å². The molecule has 0 saturated heterocycles. The van der Waals surface area contributed by atoms with Crippen molar-refractivity contribution in [3.8, 4) is 0 Å². The maximum absolute atomic E-state index is 12.3. The molecule has 0 saturated carbocycles. The van der Waals surface area contributed by atoms with Crippen molar-refractivity contribution in [3.63, 3.8) is 0 Å². The van der Waals surface area contributed by atoms with E-state index in [1.54, 1.807) is 6.07 Å². The van der Waals surface area contributed by atoms with Crippen molar-refractivity contribution in [2.75, 3.05) is 85.8 Å². The molecule has 0 radical (unpaired) electrons. The van der Waals surface area contributed by atoms with Crippen molar-refractivity contribution < 1.29 is 36.0 Å². The average molecular weight is 893 g/mol. The van der Waals surface area contributed by atoms with Crippen LogP contribution in [-0.2, 0) is 36.9 Å².